The Kier molecular flexibility index (Phi) is 6.65. The van der Waals surface area contributed by atoms with Crippen molar-refractivity contribution >= 4 is 17.4 Å². The minimum Gasteiger partial charge on any atom is -0.496 e. The summed E-state index contributed by atoms with van der Waals surface area (Å²) in [6.07, 6.45) is 0. The third-order valence-electron chi connectivity index (χ3n) is 8.25. The van der Waals surface area contributed by atoms with E-state index in [4.69, 9.17) is 10.5 Å². The maximum atomic E-state index is 13.7. The number of benzene rings is 4. The Labute approximate surface area is 230 Å². The van der Waals surface area contributed by atoms with Crippen molar-refractivity contribution in [3.8, 4) is 16.9 Å². The molecule has 0 aliphatic carbocycles. The molecule has 1 heterocycles. The lowest BCUT2D eigenvalue weighted by molar-refractivity contribution is -0.118. The molecule has 1 amide bonds. The minimum atomic E-state index is -0.745. The number of para-hydroxylation sites is 1. The number of rotatable bonds is 5. The van der Waals surface area contributed by atoms with Gasteiger partial charge in [0, 0.05) is 40.8 Å². The van der Waals surface area contributed by atoms with E-state index >= 15 is 0 Å². The van der Waals surface area contributed by atoms with Crippen LogP contribution < -0.4 is 15.4 Å². The number of nitrogens with two attached hydrogens (primary N) is 1. The first-order chi connectivity index (χ1) is 18.6. The molecular weight excluding hydrogens is 484 g/mol. The van der Waals surface area contributed by atoms with Crippen LogP contribution in [0, 0.1) is 0 Å². The molecule has 1 aliphatic heterocycles. The molecule has 0 aromatic heterocycles. The molecule has 2 N–H and O–H groups in total. The Bertz CT molecular complexity index is 1540. The molecule has 198 valence electrons. The van der Waals surface area contributed by atoms with E-state index in [1.807, 2.05) is 105 Å². The number of hydrogen-bond donors (Lipinski definition) is 1. The van der Waals surface area contributed by atoms with Crippen LogP contribution >= 0.6 is 0 Å². The molecule has 4 aromatic rings. The predicted octanol–water partition coefficient (Wildman–Crippen LogP) is 6.37. The number of carbonyl (C=O) groups is 2. The average Bonchev–Trinajstić information content (AvgIpc) is 2.96. The summed E-state index contributed by atoms with van der Waals surface area (Å²) >= 11 is 0. The Morgan fingerprint density at radius 1 is 0.769 bits per heavy atom. The lowest BCUT2D eigenvalue weighted by Gasteiger charge is -2.55. The van der Waals surface area contributed by atoms with Crippen molar-refractivity contribution in [3.63, 3.8) is 0 Å². The van der Waals surface area contributed by atoms with E-state index in [0.717, 1.165) is 27.9 Å². The predicted molar refractivity (Wildman–Crippen MR) is 156 cm³/mol. The summed E-state index contributed by atoms with van der Waals surface area (Å²) in [5.41, 5.74) is 11.4. The summed E-state index contributed by atoms with van der Waals surface area (Å²) < 4.78 is 5.76. The summed E-state index contributed by atoms with van der Waals surface area (Å²) in [4.78, 5) is 28.5. The van der Waals surface area contributed by atoms with Crippen LogP contribution in [-0.4, -0.2) is 30.4 Å². The average molecular weight is 519 g/mol. The quantitative estimate of drug-likeness (QED) is 0.312. The topological polar surface area (TPSA) is 72.6 Å². The third kappa shape index (κ3) is 4.23. The number of fused-ring (bicyclic) bond motifs is 1. The van der Waals surface area contributed by atoms with Gasteiger partial charge >= 0.3 is 0 Å². The first-order valence-electron chi connectivity index (χ1n) is 13.1. The molecule has 5 rings (SSSR count). The second-order valence-electron chi connectivity index (χ2n) is 10.9. The number of carbonyl (C=O) groups excluding carboxylic acids is 2. The Morgan fingerprint density at radius 3 is 2.00 bits per heavy atom. The van der Waals surface area contributed by atoms with E-state index in [-0.39, 0.29) is 11.7 Å². The van der Waals surface area contributed by atoms with Crippen LogP contribution in [0.1, 0.15) is 54.7 Å². The first-order valence-corrected chi connectivity index (χ1v) is 13.1. The highest BCUT2D eigenvalue weighted by Gasteiger charge is 2.54. The van der Waals surface area contributed by atoms with Gasteiger partial charge in [-0.1, -0.05) is 72.8 Å². The van der Waals surface area contributed by atoms with Crippen LogP contribution in [0.5, 0.6) is 5.75 Å². The van der Waals surface area contributed by atoms with E-state index in [0.29, 0.717) is 16.9 Å². The molecule has 2 atom stereocenters. The van der Waals surface area contributed by atoms with Gasteiger partial charge in [0.05, 0.1) is 12.6 Å². The van der Waals surface area contributed by atoms with Gasteiger partial charge in [-0.25, -0.2) is 0 Å². The van der Waals surface area contributed by atoms with Crippen LogP contribution in [0.4, 0.5) is 5.69 Å². The SMILES string of the molecule is COc1ccccc1C1(C)c2cc(C(=O)c3ccc(-c4ccccc4)cc3)ccc2N(C(C)=O)C(C)(C)C1N. The Hall–Kier alpha value is -4.22. The van der Waals surface area contributed by atoms with Gasteiger partial charge in [0.1, 0.15) is 5.75 Å². The van der Waals surface area contributed by atoms with E-state index < -0.39 is 17.0 Å². The molecule has 0 saturated heterocycles. The molecule has 0 spiro atoms. The lowest BCUT2D eigenvalue weighted by Crippen LogP contribution is -2.68. The first kappa shape index (κ1) is 26.4. The van der Waals surface area contributed by atoms with Gasteiger partial charge in [-0.3, -0.25) is 9.59 Å². The fourth-order valence-corrected chi connectivity index (χ4v) is 6.18. The Balaban J connectivity index is 1.65. The number of anilines is 1. The lowest BCUT2D eigenvalue weighted by atomic mass is 9.61. The van der Waals surface area contributed by atoms with Gasteiger partial charge < -0.3 is 15.4 Å². The second-order valence-corrected chi connectivity index (χ2v) is 10.9. The van der Waals surface area contributed by atoms with Gasteiger partial charge in [-0.15, -0.1) is 0 Å². The minimum absolute atomic E-state index is 0.0902. The van der Waals surface area contributed by atoms with Crippen molar-refractivity contribution < 1.29 is 14.3 Å². The van der Waals surface area contributed by atoms with Gasteiger partial charge in [-0.2, -0.15) is 0 Å². The van der Waals surface area contributed by atoms with Crippen molar-refractivity contribution in [1.29, 1.82) is 0 Å². The van der Waals surface area contributed by atoms with Crippen LogP contribution in [0.2, 0.25) is 0 Å². The van der Waals surface area contributed by atoms with E-state index in [1.54, 1.807) is 25.0 Å². The van der Waals surface area contributed by atoms with Gasteiger partial charge in [0.25, 0.3) is 0 Å². The highest BCUT2D eigenvalue weighted by Crippen LogP contribution is 2.52. The van der Waals surface area contributed by atoms with Crippen molar-refractivity contribution in [1.82, 2.24) is 0 Å². The number of hydrogen-bond acceptors (Lipinski definition) is 4. The van der Waals surface area contributed by atoms with Crippen molar-refractivity contribution in [2.45, 2.75) is 44.7 Å². The largest absolute Gasteiger partial charge is 0.496 e. The standard InChI is InChI=1S/C34H34N2O3/c1-22(37)36-29-20-19-26(31(38)25-17-15-24(16-18-25)23-11-7-6-8-12-23)21-28(29)34(4,32(35)33(36,2)3)27-13-9-10-14-30(27)39-5/h6-21,32H,35H2,1-5H3. The zero-order valence-electron chi connectivity index (χ0n) is 23.1. The van der Waals surface area contributed by atoms with Gasteiger partial charge in [0.15, 0.2) is 5.78 Å². The number of ether oxygens (including phenoxy) is 1. The molecule has 4 aromatic carbocycles. The van der Waals surface area contributed by atoms with Gasteiger partial charge in [0.2, 0.25) is 5.91 Å². The van der Waals surface area contributed by atoms with Gasteiger partial charge in [-0.05, 0) is 61.7 Å². The monoisotopic (exact) mass is 518 g/mol. The van der Waals surface area contributed by atoms with Crippen LogP contribution in [0.25, 0.3) is 11.1 Å². The summed E-state index contributed by atoms with van der Waals surface area (Å²) in [6, 6.07) is 30.6. The third-order valence-corrected chi connectivity index (χ3v) is 8.25. The summed E-state index contributed by atoms with van der Waals surface area (Å²) in [7, 11) is 1.64. The highest BCUT2D eigenvalue weighted by atomic mass is 16.5. The maximum Gasteiger partial charge on any atom is 0.224 e. The van der Waals surface area contributed by atoms with Crippen LogP contribution in [0.15, 0.2) is 97.1 Å². The molecule has 0 radical (unpaired) electrons. The molecule has 0 fully saturated rings. The van der Waals surface area contributed by atoms with Crippen molar-refractivity contribution in [2.75, 3.05) is 12.0 Å². The van der Waals surface area contributed by atoms with Crippen LogP contribution in [-0.2, 0) is 10.2 Å². The molecule has 0 bridgehead atoms. The second kappa shape index (κ2) is 9.83. The Morgan fingerprint density at radius 2 is 1.36 bits per heavy atom. The number of ketones is 1. The molecular formula is C34H34N2O3. The van der Waals surface area contributed by atoms with Crippen molar-refractivity contribution in [3.05, 3.63) is 119 Å². The summed E-state index contributed by atoms with van der Waals surface area (Å²) in [5, 5.41) is 0. The normalized spacial score (nSPS) is 19.7. The van der Waals surface area contributed by atoms with Crippen LogP contribution in [0.3, 0.4) is 0 Å². The smallest absolute Gasteiger partial charge is 0.224 e. The number of methoxy groups -OCH3 is 1. The molecule has 5 nitrogen and oxygen atoms in total. The highest BCUT2D eigenvalue weighted by molar-refractivity contribution is 6.10. The molecule has 39 heavy (non-hydrogen) atoms. The number of nitrogens with zero attached hydrogens (tertiary/aromatic N) is 1. The number of amides is 1. The fourth-order valence-electron chi connectivity index (χ4n) is 6.18. The van der Waals surface area contributed by atoms with E-state index in [1.165, 1.54) is 0 Å². The summed E-state index contributed by atoms with van der Waals surface area (Å²) in [6.45, 7) is 7.61. The maximum absolute atomic E-state index is 13.7. The van der Waals surface area contributed by atoms with E-state index in [2.05, 4.69) is 6.92 Å². The molecule has 5 heteroatoms. The zero-order valence-corrected chi connectivity index (χ0v) is 23.1. The molecule has 0 saturated carbocycles. The zero-order chi connectivity index (χ0) is 27.9. The fraction of sp³-hybridized carbons (Fsp3) is 0.235. The summed E-state index contributed by atoms with van der Waals surface area (Å²) in [5.74, 6) is 0.517. The van der Waals surface area contributed by atoms with E-state index in [9.17, 15) is 9.59 Å². The van der Waals surface area contributed by atoms with Crippen molar-refractivity contribution in [2.24, 2.45) is 5.73 Å². The molecule has 1 aliphatic rings. The molecule has 2 unspecified atom stereocenters.